The van der Waals surface area contributed by atoms with E-state index in [-0.39, 0.29) is 6.61 Å². The zero-order chi connectivity index (χ0) is 10.3. The zero-order valence-corrected chi connectivity index (χ0v) is 7.95. The van der Waals surface area contributed by atoms with E-state index in [1.165, 1.54) is 0 Å². The van der Waals surface area contributed by atoms with Gasteiger partial charge in [-0.2, -0.15) is 13.2 Å². The molecule has 0 aliphatic heterocycles. The smallest absolute Gasteiger partial charge is 0.372 e. The number of ether oxygens (including phenoxy) is 1. The van der Waals surface area contributed by atoms with Crippen molar-refractivity contribution < 1.29 is 17.9 Å². The number of hydrogen-bond acceptors (Lipinski definition) is 2. The highest BCUT2D eigenvalue weighted by Crippen LogP contribution is 2.14. The predicted octanol–water partition coefficient (Wildman–Crippen LogP) is 1.81. The first kappa shape index (κ1) is 12.7. The van der Waals surface area contributed by atoms with E-state index in [4.69, 9.17) is 0 Å². The van der Waals surface area contributed by atoms with Crippen LogP contribution in [0.15, 0.2) is 0 Å². The molecule has 0 bridgehead atoms. The average Bonchev–Trinajstić information content (AvgIpc) is 1.97. The molecule has 0 saturated carbocycles. The van der Waals surface area contributed by atoms with Gasteiger partial charge in [0, 0.05) is 6.61 Å². The van der Waals surface area contributed by atoms with Gasteiger partial charge in [0.15, 0.2) is 0 Å². The third-order valence-corrected chi connectivity index (χ3v) is 1.57. The molecule has 0 saturated heterocycles. The van der Waals surface area contributed by atoms with Crippen molar-refractivity contribution in [1.82, 2.24) is 5.32 Å². The summed E-state index contributed by atoms with van der Waals surface area (Å²) in [6.45, 7) is 1.80. The lowest BCUT2D eigenvalue weighted by Crippen LogP contribution is -2.20. The second-order valence-corrected chi connectivity index (χ2v) is 3.12. The Morgan fingerprint density at radius 2 is 2.00 bits per heavy atom. The van der Waals surface area contributed by atoms with Crippen LogP contribution >= 0.6 is 0 Å². The Balaban J connectivity index is 3.25. The van der Waals surface area contributed by atoms with E-state index in [1.807, 2.05) is 14.0 Å². The molecule has 5 heteroatoms. The lowest BCUT2D eigenvalue weighted by Gasteiger charge is -2.11. The fourth-order valence-electron chi connectivity index (χ4n) is 0.923. The third-order valence-electron chi connectivity index (χ3n) is 1.57. The van der Waals surface area contributed by atoms with Crippen LogP contribution in [-0.2, 0) is 4.74 Å². The molecule has 0 aromatic rings. The molecule has 1 unspecified atom stereocenters. The summed E-state index contributed by atoms with van der Waals surface area (Å²) in [6.07, 6.45) is -3.55. The molecular formula is C8H16F3NO. The summed E-state index contributed by atoms with van der Waals surface area (Å²) in [6, 6.07) is 0. The molecule has 0 aromatic heterocycles. The van der Waals surface area contributed by atoms with Gasteiger partial charge in [-0.3, -0.25) is 0 Å². The van der Waals surface area contributed by atoms with Crippen molar-refractivity contribution in [3.05, 3.63) is 0 Å². The molecule has 80 valence electrons. The van der Waals surface area contributed by atoms with Gasteiger partial charge < -0.3 is 10.1 Å². The first-order valence-electron chi connectivity index (χ1n) is 4.25. The molecule has 0 radical (unpaired) electrons. The second-order valence-electron chi connectivity index (χ2n) is 3.12. The van der Waals surface area contributed by atoms with Crippen LogP contribution in [0.1, 0.15) is 13.3 Å². The second kappa shape index (κ2) is 6.21. The van der Waals surface area contributed by atoms with Crippen molar-refractivity contribution in [2.75, 3.05) is 26.8 Å². The molecule has 13 heavy (non-hydrogen) atoms. The number of halogens is 3. The van der Waals surface area contributed by atoms with Gasteiger partial charge in [0.1, 0.15) is 6.61 Å². The topological polar surface area (TPSA) is 21.3 Å². The lowest BCUT2D eigenvalue weighted by molar-refractivity contribution is -0.174. The highest BCUT2D eigenvalue weighted by atomic mass is 19.4. The Labute approximate surface area is 76.5 Å². The van der Waals surface area contributed by atoms with Gasteiger partial charge in [0.2, 0.25) is 0 Å². The van der Waals surface area contributed by atoms with Crippen LogP contribution in [0.3, 0.4) is 0 Å². The monoisotopic (exact) mass is 199 g/mol. The van der Waals surface area contributed by atoms with Gasteiger partial charge in [0.25, 0.3) is 0 Å². The Morgan fingerprint density at radius 3 is 2.46 bits per heavy atom. The van der Waals surface area contributed by atoms with Crippen LogP contribution in [0, 0.1) is 5.92 Å². The highest BCUT2D eigenvalue weighted by Gasteiger charge is 2.27. The van der Waals surface area contributed by atoms with Crippen molar-refractivity contribution in [2.45, 2.75) is 19.5 Å². The van der Waals surface area contributed by atoms with Gasteiger partial charge in [0.05, 0.1) is 0 Å². The minimum atomic E-state index is -4.20. The van der Waals surface area contributed by atoms with Crippen molar-refractivity contribution in [2.24, 2.45) is 5.92 Å². The Bertz CT molecular complexity index is 127. The molecule has 0 aromatic carbocycles. The van der Waals surface area contributed by atoms with Gasteiger partial charge >= 0.3 is 6.18 Å². The van der Waals surface area contributed by atoms with Crippen LogP contribution in [0.5, 0.6) is 0 Å². The van der Waals surface area contributed by atoms with Crippen molar-refractivity contribution in [3.8, 4) is 0 Å². The summed E-state index contributed by atoms with van der Waals surface area (Å²) < 4.78 is 39.2. The number of nitrogens with one attached hydrogen (secondary N) is 1. The maximum absolute atomic E-state index is 11.6. The van der Waals surface area contributed by atoms with E-state index in [0.29, 0.717) is 12.3 Å². The summed E-state index contributed by atoms with van der Waals surface area (Å²) in [5.74, 6) is 0.346. The van der Waals surface area contributed by atoms with Gasteiger partial charge in [-0.15, -0.1) is 0 Å². The zero-order valence-electron chi connectivity index (χ0n) is 7.95. The first-order chi connectivity index (χ1) is 5.95. The summed E-state index contributed by atoms with van der Waals surface area (Å²) in [7, 11) is 1.81. The highest BCUT2D eigenvalue weighted by molar-refractivity contribution is 4.54. The minimum Gasteiger partial charge on any atom is -0.372 e. The largest absolute Gasteiger partial charge is 0.411 e. The SMILES string of the molecule is CNCC(C)CCOCC(F)(F)F. The Hall–Kier alpha value is -0.290. The Kier molecular flexibility index (Phi) is 6.07. The predicted molar refractivity (Wildman–Crippen MR) is 44.6 cm³/mol. The van der Waals surface area contributed by atoms with Crippen molar-refractivity contribution >= 4 is 0 Å². The fraction of sp³-hybridized carbons (Fsp3) is 1.00. The maximum atomic E-state index is 11.6. The van der Waals surface area contributed by atoms with Gasteiger partial charge in [-0.1, -0.05) is 6.92 Å². The first-order valence-corrected chi connectivity index (χ1v) is 4.25. The Morgan fingerprint density at radius 1 is 1.38 bits per heavy atom. The lowest BCUT2D eigenvalue weighted by atomic mass is 10.1. The van der Waals surface area contributed by atoms with E-state index in [9.17, 15) is 13.2 Å². The van der Waals surface area contributed by atoms with E-state index >= 15 is 0 Å². The molecule has 2 nitrogen and oxygen atoms in total. The number of alkyl halides is 3. The van der Waals surface area contributed by atoms with Crippen LogP contribution in [0.4, 0.5) is 13.2 Å². The number of rotatable bonds is 6. The third kappa shape index (κ3) is 9.63. The summed E-state index contributed by atoms with van der Waals surface area (Å²) in [4.78, 5) is 0. The fourth-order valence-corrected chi connectivity index (χ4v) is 0.923. The van der Waals surface area contributed by atoms with Gasteiger partial charge in [-0.05, 0) is 25.9 Å². The van der Waals surface area contributed by atoms with Crippen LogP contribution < -0.4 is 5.32 Å². The molecule has 0 fully saturated rings. The van der Waals surface area contributed by atoms with Crippen LogP contribution in [0.2, 0.25) is 0 Å². The molecule has 1 N–H and O–H groups in total. The molecule has 0 aliphatic rings. The van der Waals surface area contributed by atoms with Gasteiger partial charge in [-0.25, -0.2) is 0 Å². The van der Waals surface area contributed by atoms with E-state index in [0.717, 1.165) is 6.54 Å². The average molecular weight is 199 g/mol. The maximum Gasteiger partial charge on any atom is 0.411 e. The molecule has 0 aliphatic carbocycles. The molecule has 0 amide bonds. The van der Waals surface area contributed by atoms with E-state index < -0.39 is 12.8 Å². The summed E-state index contributed by atoms with van der Waals surface area (Å²) >= 11 is 0. The minimum absolute atomic E-state index is 0.169. The van der Waals surface area contributed by atoms with E-state index in [2.05, 4.69) is 10.1 Å². The molecule has 0 spiro atoms. The van der Waals surface area contributed by atoms with Crippen LogP contribution in [-0.4, -0.2) is 33.0 Å². The van der Waals surface area contributed by atoms with Crippen LogP contribution in [0.25, 0.3) is 0 Å². The summed E-state index contributed by atoms with van der Waals surface area (Å²) in [5.41, 5.74) is 0. The molecular weight excluding hydrogens is 183 g/mol. The molecule has 0 heterocycles. The number of hydrogen-bond donors (Lipinski definition) is 1. The van der Waals surface area contributed by atoms with E-state index in [1.54, 1.807) is 0 Å². The quantitative estimate of drug-likeness (QED) is 0.659. The van der Waals surface area contributed by atoms with Crippen molar-refractivity contribution in [3.63, 3.8) is 0 Å². The normalized spacial score (nSPS) is 14.5. The molecule has 0 rings (SSSR count). The molecule has 1 atom stereocenters. The summed E-state index contributed by atoms with van der Waals surface area (Å²) in [5, 5.41) is 2.95. The standard InChI is InChI=1S/C8H16F3NO/c1-7(5-12-2)3-4-13-6-8(9,10)11/h7,12H,3-6H2,1-2H3. The van der Waals surface area contributed by atoms with Crippen molar-refractivity contribution in [1.29, 1.82) is 0 Å².